The van der Waals surface area contributed by atoms with Crippen LogP contribution in [0.2, 0.25) is 0 Å². The largest absolute Gasteiger partial charge is 0.290 e. The minimum Gasteiger partial charge on any atom is -0.290 e. The van der Waals surface area contributed by atoms with Gasteiger partial charge in [-0.3, -0.25) is 14.6 Å². The van der Waals surface area contributed by atoms with Crippen LogP contribution in [-0.2, 0) is 9.59 Å². The normalized spacial score (nSPS) is 13.4. The first-order valence-corrected chi connectivity index (χ1v) is 10.9. The van der Waals surface area contributed by atoms with Gasteiger partial charge in [0.25, 0.3) is 0 Å². The highest BCUT2D eigenvalue weighted by Crippen LogP contribution is 2.23. The zero-order valence-electron chi connectivity index (χ0n) is 18.8. The van der Waals surface area contributed by atoms with Crippen molar-refractivity contribution in [2.45, 2.75) is 40.5 Å². The van der Waals surface area contributed by atoms with Crippen molar-refractivity contribution >= 4 is 29.5 Å². The van der Waals surface area contributed by atoms with Gasteiger partial charge >= 0.3 is 0 Å². The average molecular weight is 424 g/mol. The minimum atomic E-state index is -0.222. The van der Waals surface area contributed by atoms with Crippen LogP contribution in [0.3, 0.4) is 0 Å². The molecule has 0 aromatic heterocycles. The number of carbonyl (C=O) groups is 2. The lowest BCUT2D eigenvalue weighted by atomic mass is 10.0. The fraction of sp³-hybridized carbons (Fsp3) is 0.269. The van der Waals surface area contributed by atoms with Crippen molar-refractivity contribution in [2.24, 2.45) is 4.99 Å². The van der Waals surface area contributed by atoms with Crippen molar-refractivity contribution < 1.29 is 9.59 Å². The Bertz CT molecular complexity index is 861. The molecule has 0 aliphatic heterocycles. The van der Waals surface area contributed by atoms with E-state index in [0.717, 1.165) is 23.1 Å². The fourth-order valence-corrected chi connectivity index (χ4v) is 2.62. The summed E-state index contributed by atoms with van der Waals surface area (Å²) < 4.78 is 0. The van der Waals surface area contributed by atoms with Gasteiger partial charge in [0.05, 0.1) is 0 Å². The molecule has 0 amide bonds. The highest BCUT2D eigenvalue weighted by Gasteiger charge is 2.14. The van der Waals surface area contributed by atoms with Crippen LogP contribution in [0.5, 0.6) is 0 Å². The maximum atomic E-state index is 12.8. The lowest BCUT2D eigenvalue weighted by Crippen LogP contribution is -2.06. The third kappa shape index (κ3) is 11.3. The smallest absolute Gasteiger partial charge is 0.189 e. The molecule has 30 heavy (non-hydrogen) atoms. The minimum absolute atomic E-state index is 0.215. The molecule has 0 saturated carbocycles. The molecule has 4 heteroatoms. The molecule has 3 nitrogen and oxygen atoms in total. The molecular formula is C26H33NO2S. The van der Waals surface area contributed by atoms with E-state index in [4.69, 9.17) is 0 Å². The van der Waals surface area contributed by atoms with E-state index in [9.17, 15) is 9.59 Å². The zero-order valence-corrected chi connectivity index (χ0v) is 19.6. The molecule has 0 saturated heterocycles. The summed E-state index contributed by atoms with van der Waals surface area (Å²) in [4.78, 5) is 29.8. The van der Waals surface area contributed by atoms with Crippen LogP contribution in [0.25, 0.3) is 0 Å². The van der Waals surface area contributed by atoms with Crippen LogP contribution in [0.4, 0.5) is 0 Å². The SMILES string of the molecule is C=C(C)/C=C\C=C(/C(=C)SC)C(=O)/C(C)=C\C(=O)/C=C/CCC(=CN=CC)C(=C)C. The predicted octanol–water partition coefficient (Wildman–Crippen LogP) is 6.89. The van der Waals surface area contributed by atoms with E-state index in [1.54, 1.807) is 37.6 Å². The molecule has 160 valence electrons. The summed E-state index contributed by atoms with van der Waals surface area (Å²) >= 11 is 1.40. The number of aliphatic imine (C=N–C) groups is 1. The molecule has 0 heterocycles. The van der Waals surface area contributed by atoms with Crippen LogP contribution in [0.15, 0.2) is 100 Å². The van der Waals surface area contributed by atoms with E-state index in [-0.39, 0.29) is 11.6 Å². The number of rotatable bonds is 13. The number of allylic oxidation sites excluding steroid dienone is 11. The van der Waals surface area contributed by atoms with E-state index in [1.807, 2.05) is 33.1 Å². The van der Waals surface area contributed by atoms with Crippen LogP contribution < -0.4 is 0 Å². The molecule has 0 unspecified atom stereocenters. The number of carbonyl (C=O) groups excluding carboxylic acids is 2. The van der Waals surface area contributed by atoms with Gasteiger partial charge in [0.1, 0.15) is 0 Å². The molecule has 0 rings (SSSR count). The van der Waals surface area contributed by atoms with Gasteiger partial charge in [0, 0.05) is 28.5 Å². The van der Waals surface area contributed by atoms with E-state index in [0.29, 0.717) is 22.5 Å². The Morgan fingerprint density at radius 1 is 1.07 bits per heavy atom. The van der Waals surface area contributed by atoms with Crippen LogP contribution >= 0.6 is 11.8 Å². The van der Waals surface area contributed by atoms with Crippen LogP contribution in [0.1, 0.15) is 40.5 Å². The summed E-state index contributed by atoms with van der Waals surface area (Å²) in [7, 11) is 0. The topological polar surface area (TPSA) is 46.5 Å². The number of ketones is 2. The third-order valence-corrected chi connectivity index (χ3v) is 4.65. The van der Waals surface area contributed by atoms with Gasteiger partial charge in [-0.1, -0.05) is 49.1 Å². The van der Waals surface area contributed by atoms with E-state index in [1.165, 1.54) is 23.9 Å². The van der Waals surface area contributed by atoms with Gasteiger partial charge in [-0.15, -0.1) is 11.8 Å². The van der Waals surface area contributed by atoms with Gasteiger partial charge in [0.2, 0.25) is 0 Å². The second-order valence-electron chi connectivity index (χ2n) is 6.75. The van der Waals surface area contributed by atoms with Crippen molar-refractivity contribution in [1.29, 1.82) is 0 Å². The first-order chi connectivity index (χ1) is 14.1. The Morgan fingerprint density at radius 2 is 1.73 bits per heavy atom. The predicted molar refractivity (Wildman–Crippen MR) is 134 cm³/mol. The first-order valence-electron chi connectivity index (χ1n) is 9.67. The zero-order chi connectivity index (χ0) is 23.1. The molecule has 0 aliphatic carbocycles. The molecule has 0 N–H and O–H groups in total. The van der Waals surface area contributed by atoms with E-state index < -0.39 is 0 Å². The third-order valence-electron chi connectivity index (χ3n) is 3.94. The van der Waals surface area contributed by atoms with Gasteiger partial charge in [-0.2, -0.15) is 0 Å². The first kappa shape index (κ1) is 27.3. The molecule has 0 aromatic carbocycles. The highest BCUT2D eigenvalue weighted by atomic mass is 32.2. The van der Waals surface area contributed by atoms with Crippen molar-refractivity contribution in [3.05, 3.63) is 95.2 Å². The summed E-state index contributed by atoms with van der Waals surface area (Å²) in [5.74, 6) is -0.438. The fourth-order valence-electron chi connectivity index (χ4n) is 2.24. The Balaban J connectivity index is 5.22. The molecule has 0 fully saturated rings. The molecule has 0 aromatic rings. The standard InChI is InChI=1S/C26H33NO2S/c1-9-27-18-23(20(4)5)14-10-11-15-24(28)17-21(6)26(29)25(22(7)30-8)16-12-13-19(2)3/h9,11-13,15-18H,2,4,7,10,14H2,1,3,5-6,8H3/b13-12-,15-11+,21-17-,23-18?,25-16+,27-9?. The summed E-state index contributed by atoms with van der Waals surface area (Å²) in [6, 6.07) is 0. The van der Waals surface area contributed by atoms with Crippen molar-refractivity contribution in [1.82, 2.24) is 0 Å². The van der Waals surface area contributed by atoms with Gasteiger partial charge in [-0.05, 0) is 70.6 Å². The lowest BCUT2D eigenvalue weighted by molar-refractivity contribution is -0.113. The monoisotopic (exact) mass is 423 g/mol. The number of nitrogens with zero attached hydrogens (tertiary/aromatic N) is 1. The van der Waals surface area contributed by atoms with Crippen LogP contribution in [0, 0.1) is 0 Å². The van der Waals surface area contributed by atoms with Gasteiger partial charge < -0.3 is 0 Å². The Labute approximate surface area is 186 Å². The Kier molecular flexibility index (Phi) is 13.8. The summed E-state index contributed by atoms with van der Waals surface area (Å²) in [6.07, 6.45) is 16.7. The Hall–Kier alpha value is -2.72. The number of hydrogen-bond donors (Lipinski definition) is 0. The lowest BCUT2D eigenvalue weighted by Gasteiger charge is -2.07. The van der Waals surface area contributed by atoms with Crippen LogP contribution in [-0.4, -0.2) is 24.0 Å². The van der Waals surface area contributed by atoms with Crippen molar-refractivity contribution in [2.75, 3.05) is 6.26 Å². The number of thioether (sulfide) groups is 1. The summed E-state index contributed by atoms with van der Waals surface area (Å²) in [5, 5.41) is 0. The maximum Gasteiger partial charge on any atom is 0.189 e. The number of Topliss-reactive ketones (excluding diaryl/α,β-unsaturated/α-hetero) is 1. The Morgan fingerprint density at radius 3 is 2.27 bits per heavy atom. The van der Waals surface area contributed by atoms with E-state index in [2.05, 4.69) is 24.7 Å². The van der Waals surface area contributed by atoms with Gasteiger partial charge in [-0.25, -0.2) is 0 Å². The van der Waals surface area contributed by atoms with Crippen molar-refractivity contribution in [3.63, 3.8) is 0 Å². The van der Waals surface area contributed by atoms with Gasteiger partial charge in [0.15, 0.2) is 11.6 Å². The average Bonchev–Trinajstić information content (AvgIpc) is 2.69. The molecule has 0 spiro atoms. The summed E-state index contributed by atoms with van der Waals surface area (Å²) in [5.41, 5.74) is 3.72. The summed E-state index contributed by atoms with van der Waals surface area (Å²) in [6.45, 7) is 19.0. The maximum absolute atomic E-state index is 12.8. The molecule has 0 atom stereocenters. The second-order valence-corrected chi connectivity index (χ2v) is 7.66. The molecule has 0 bridgehead atoms. The quantitative estimate of drug-likeness (QED) is 0.184. The molecule has 0 aliphatic rings. The second kappa shape index (κ2) is 15.2. The van der Waals surface area contributed by atoms with E-state index >= 15 is 0 Å². The number of hydrogen-bond acceptors (Lipinski definition) is 4. The molecule has 0 radical (unpaired) electrons. The highest BCUT2D eigenvalue weighted by molar-refractivity contribution is 8.02. The van der Waals surface area contributed by atoms with Crippen molar-refractivity contribution in [3.8, 4) is 0 Å². The molecular weight excluding hydrogens is 390 g/mol.